The molecule has 0 N–H and O–H groups in total. The first-order valence-electron chi connectivity index (χ1n) is 7.13. The molecular weight excluding hydrogens is 382 g/mol. The minimum Gasteiger partial charge on any atom is -0.493 e. The van der Waals surface area contributed by atoms with E-state index >= 15 is 0 Å². The summed E-state index contributed by atoms with van der Waals surface area (Å²) >= 11 is 3.40. The molecule has 25 heavy (non-hydrogen) atoms. The summed E-state index contributed by atoms with van der Waals surface area (Å²) in [4.78, 5) is 0. The van der Waals surface area contributed by atoms with E-state index in [1.807, 2.05) is 24.3 Å². The van der Waals surface area contributed by atoms with Crippen molar-refractivity contribution in [1.29, 1.82) is 15.8 Å². The standard InChI is InChI=1S/C19H12BrN3O2/c1-24-18-7-16(6-13(9-21)10-22)17(20)8-19(18)25-12-15-5-3-2-4-14(15)11-23/h2-8H,12H2,1H3. The minimum atomic E-state index is -0.0145. The molecule has 0 aromatic heterocycles. The smallest absolute Gasteiger partial charge is 0.162 e. The Balaban J connectivity index is 2.32. The molecule has 2 aromatic carbocycles. The number of rotatable bonds is 5. The first-order chi connectivity index (χ1) is 12.1. The second-order valence-electron chi connectivity index (χ2n) is 4.86. The lowest BCUT2D eigenvalue weighted by Crippen LogP contribution is -2.00. The van der Waals surface area contributed by atoms with Crippen LogP contribution in [0.3, 0.4) is 0 Å². The van der Waals surface area contributed by atoms with Gasteiger partial charge in [0.2, 0.25) is 0 Å². The molecule has 5 nitrogen and oxygen atoms in total. The molecule has 0 amide bonds. The Hall–Kier alpha value is -3.27. The number of methoxy groups -OCH3 is 1. The van der Waals surface area contributed by atoms with Gasteiger partial charge in [-0.2, -0.15) is 15.8 Å². The van der Waals surface area contributed by atoms with Crippen LogP contribution in [0.2, 0.25) is 0 Å². The lowest BCUT2D eigenvalue weighted by molar-refractivity contribution is 0.284. The summed E-state index contributed by atoms with van der Waals surface area (Å²) in [6.07, 6.45) is 1.46. The summed E-state index contributed by atoms with van der Waals surface area (Å²) < 4.78 is 11.8. The fourth-order valence-corrected chi connectivity index (χ4v) is 2.53. The third-order valence-corrected chi connectivity index (χ3v) is 4.03. The number of halogens is 1. The number of allylic oxidation sites excluding steroid dienone is 1. The van der Waals surface area contributed by atoms with E-state index < -0.39 is 0 Å². The molecule has 0 fully saturated rings. The first kappa shape index (κ1) is 18.1. The monoisotopic (exact) mass is 393 g/mol. The Morgan fingerprint density at radius 1 is 1.12 bits per heavy atom. The van der Waals surface area contributed by atoms with Gasteiger partial charge in [-0.3, -0.25) is 0 Å². The van der Waals surface area contributed by atoms with Crippen LogP contribution in [-0.4, -0.2) is 7.11 Å². The second kappa shape index (κ2) is 8.55. The van der Waals surface area contributed by atoms with Gasteiger partial charge in [0.05, 0.1) is 18.7 Å². The Morgan fingerprint density at radius 2 is 1.84 bits per heavy atom. The van der Waals surface area contributed by atoms with Crippen LogP contribution in [0.25, 0.3) is 6.08 Å². The number of benzene rings is 2. The molecule has 2 rings (SSSR count). The highest BCUT2D eigenvalue weighted by Gasteiger charge is 2.11. The zero-order valence-corrected chi connectivity index (χ0v) is 14.9. The van der Waals surface area contributed by atoms with Gasteiger partial charge in [-0.25, -0.2) is 0 Å². The maximum Gasteiger partial charge on any atom is 0.162 e. The topological polar surface area (TPSA) is 89.8 Å². The van der Waals surface area contributed by atoms with E-state index in [-0.39, 0.29) is 12.2 Å². The number of hydrogen-bond donors (Lipinski definition) is 0. The summed E-state index contributed by atoms with van der Waals surface area (Å²) in [7, 11) is 1.50. The van der Waals surface area contributed by atoms with Crippen LogP contribution in [0.4, 0.5) is 0 Å². The third-order valence-electron chi connectivity index (χ3n) is 3.34. The van der Waals surface area contributed by atoms with Crippen molar-refractivity contribution in [2.75, 3.05) is 7.11 Å². The summed E-state index contributed by atoms with van der Waals surface area (Å²) in [6, 6.07) is 16.3. The van der Waals surface area contributed by atoms with E-state index in [9.17, 15) is 0 Å². The number of ether oxygens (including phenoxy) is 2. The van der Waals surface area contributed by atoms with E-state index in [0.717, 1.165) is 5.56 Å². The summed E-state index contributed by atoms with van der Waals surface area (Å²) in [5.74, 6) is 0.939. The van der Waals surface area contributed by atoms with Crippen molar-refractivity contribution in [3.05, 3.63) is 63.1 Å². The van der Waals surface area contributed by atoms with Crippen LogP contribution in [0.5, 0.6) is 11.5 Å². The molecule has 0 bridgehead atoms. The highest BCUT2D eigenvalue weighted by atomic mass is 79.9. The largest absolute Gasteiger partial charge is 0.493 e. The SMILES string of the molecule is COc1cc(C=C(C#N)C#N)c(Br)cc1OCc1ccccc1C#N. The Bertz CT molecular complexity index is 931. The van der Waals surface area contributed by atoms with Crippen molar-refractivity contribution in [3.63, 3.8) is 0 Å². The van der Waals surface area contributed by atoms with Crippen LogP contribution in [-0.2, 0) is 6.61 Å². The van der Waals surface area contributed by atoms with Gasteiger partial charge < -0.3 is 9.47 Å². The van der Waals surface area contributed by atoms with Crippen LogP contribution < -0.4 is 9.47 Å². The molecule has 0 radical (unpaired) electrons. The zero-order valence-electron chi connectivity index (χ0n) is 13.3. The molecule has 0 heterocycles. The van der Waals surface area contributed by atoms with Gasteiger partial charge in [0.15, 0.2) is 11.5 Å². The molecule has 0 spiro atoms. The van der Waals surface area contributed by atoms with Crippen molar-refractivity contribution in [2.24, 2.45) is 0 Å². The number of nitriles is 3. The van der Waals surface area contributed by atoms with Crippen molar-refractivity contribution < 1.29 is 9.47 Å². The van der Waals surface area contributed by atoms with E-state index in [0.29, 0.717) is 27.1 Å². The molecule has 0 atom stereocenters. The van der Waals surface area contributed by atoms with Gasteiger partial charge in [0.25, 0.3) is 0 Å². The molecule has 0 aliphatic carbocycles. The summed E-state index contributed by atoms with van der Waals surface area (Å²) in [5.41, 5.74) is 1.93. The van der Waals surface area contributed by atoms with E-state index in [4.69, 9.17) is 25.3 Å². The molecule has 0 unspecified atom stereocenters. The molecule has 0 saturated carbocycles. The molecule has 0 saturated heterocycles. The lowest BCUT2D eigenvalue weighted by Gasteiger charge is -2.13. The molecule has 0 aliphatic rings. The van der Waals surface area contributed by atoms with Crippen LogP contribution >= 0.6 is 15.9 Å². The molecule has 2 aromatic rings. The van der Waals surface area contributed by atoms with Crippen molar-refractivity contribution in [3.8, 4) is 29.7 Å². The maximum absolute atomic E-state index is 9.13. The molecule has 6 heteroatoms. The lowest BCUT2D eigenvalue weighted by atomic mass is 10.1. The zero-order chi connectivity index (χ0) is 18.2. The van der Waals surface area contributed by atoms with Gasteiger partial charge in [-0.1, -0.05) is 34.1 Å². The van der Waals surface area contributed by atoms with Gasteiger partial charge in [-0.05, 0) is 29.8 Å². The average molecular weight is 394 g/mol. The normalized spacial score (nSPS) is 9.24. The number of hydrogen-bond acceptors (Lipinski definition) is 5. The Kier molecular flexibility index (Phi) is 6.18. The van der Waals surface area contributed by atoms with Crippen molar-refractivity contribution in [2.45, 2.75) is 6.61 Å². The predicted molar refractivity (Wildman–Crippen MR) is 95.4 cm³/mol. The van der Waals surface area contributed by atoms with Crippen molar-refractivity contribution >= 4 is 22.0 Å². The second-order valence-corrected chi connectivity index (χ2v) is 5.72. The average Bonchev–Trinajstić information content (AvgIpc) is 2.65. The highest BCUT2D eigenvalue weighted by Crippen LogP contribution is 2.35. The van der Waals surface area contributed by atoms with Gasteiger partial charge in [-0.15, -0.1) is 0 Å². The van der Waals surface area contributed by atoms with E-state index in [1.165, 1.54) is 13.2 Å². The van der Waals surface area contributed by atoms with Crippen LogP contribution in [0, 0.1) is 34.0 Å². The fourth-order valence-electron chi connectivity index (χ4n) is 2.09. The van der Waals surface area contributed by atoms with Crippen LogP contribution in [0.1, 0.15) is 16.7 Å². The third kappa shape index (κ3) is 4.38. The Morgan fingerprint density at radius 3 is 2.48 bits per heavy atom. The van der Waals surface area contributed by atoms with Gasteiger partial charge >= 0.3 is 0 Å². The minimum absolute atomic E-state index is 0.0145. The summed E-state index contributed by atoms with van der Waals surface area (Å²) in [5, 5.41) is 26.9. The van der Waals surface area contributed by atoms with Gasteiger partial charge in [0.1, 0.15) is 24.3 Å². The maximum atomic E-state index is 9.13. The quantitative estimate of drug-likeness (QED) is 0.704. The molecule has 122 valence electrons. The van der Waals surface area contributed by atoms with Crippen molar-refractivity contribution in [1.82, 2.24) is 0 Å². The first-order valence-corrected chi connectivity index (χ1v) is 7.92. The molecule has 0 aliphatic heterocycles. The van der Waals surface area contributed by atoms with Gasteiger partial charge in [0, 0.05) is 10.0 Å². The summed E-state index contributed by atoms with van der Waals surface area (Å²) in [6.45, 7) is 0.212. The van der Waals surface area contributed by atoms with E-state index in [2.05, 4.69) is 22.0 Å². The fraction of sp³-hybridized carbons (Fsp3) is 0.105. The van der Waals surface area contributed by atoms with Crippen LogP contribution in [0.15, 0.2) is 46.4 Å². The highest BCUT2D eigenvalue weighted by molar-refractivity contribution is 9.10. The number of nitrogens with zero attached hydrogens (tertiary/aromatic N) is 3. The Labute approximate surface area is 154 Å². The predicted octanol–water partition coefficient (Wildman–Crippen LogP) is 4.34. The molecular formula is C19H12BrN3O2. The van der Waals surface area contributed by atoms with E-state index in [1.54, 1.807) is 24.3 Å².